The Kier molecular flexibility index (Phi) is 16.6. The van der Waals surface area contributed by atoms with E-state index in [0.717, 1.165) is 25.7 Å². The van der Waals surface area contributed by atoms with Crippen molar-refractivity contribution >= 4 is 23.5 Å². The highest BCUT2D eigenvalue weighted by molar-refractivity contribution is 5.86. The van der Waals surface area contributed by atoms with E-state index >= 15 is 0 Å². The minimum Gasteiger partial charge on any atom is -0.379 e. The predicted octanol–water partition coefficient (Wildman–Crippen LogP) is 5.50. The Morgan fingerprint density at radius 2 is 1.55 bits per heavy atom. The molecule has 0 spiro atoms. The van der Waals surface area contributed by atoms with Crippen LogP contribution in [0.3, 0.4) is 0 Å². The lowest BCUT2D eigenvalue weighted by molar-refractivity contribution is -0.149. The van der Waals surface area contributed by atoms with Crippen molar-refractivity contribution in [3.05, 3.63) is 35.9 Å². The van der Waals surface area contributed by atoms with E-state index in [1.165, 1.54) is 10.5 Å². The van der Waals surface area contributed by atoms with Gasteiger partial charge >= 0.3 is 0 Å². The van der Waals surface area contributed by atoms with E-state index in [-0.39, 0.29) is 72.1 Å². The van der Waals surface area contributed by atoms with Gasteiger partial charge in [-0.2, -0.15) is 0 Å². The lowest BCUT2D eigenvalue weighted by atomic mass is 9.86. The molecule has 1 aromatic rings. The summed E-state index contributed by atoms with van der Waals surface area (Å²) in [6.45, 7) is 12.7. The van der Waals surface area contributed by atoms with Gasteiger partial charge in [-0.1, -0.05) is 78.3 Å². The number of nitrogens with zero attached hydrogens (tertiary/aromatic N) is 3. The van der Waals surface area contributed by atoms with Crippen LogP contribution in [-0.4, -0.2) is 104 Å². The average molecular weight is 658 g/mol. The fourth-order valence-electron chi connectivity index (χ4n) is 7.20. The molecule has 0 radical (unpaired) electrons. The van der Waals surface area contributed by atoms with Gasteiger partial charge in [0.2, 0.25) is 17.7 Å². The topological polar surface area (TPSA) is 96.5 Å². The van der Waals surface area contributed by atoms with Crippen LogP contribution in [0.1, 0.15) is 85.6 Å². The molecule has 1 saturated heterocycles. The number of rotatable bonds is 19. The number of likely N-dealkylation sites (N-methyl/N-ethyl adjacent to an activating group) is 1. The largest absolute Gasteiger partial charge is 0.379 e. The number of hydrogen-bond donors (Lipinski definition) is 0. The maximum Gasteiger partial charge on any atom is 0.226 e. The summed E-state index contributed by atoms with van der Waals surface area (Å²) < 4.78 is 12.0. The maximum absolute atomic E-state index is 14.0. The lowest BCUT2D eigenvalue weighted by Crippen LogP contribution is -2.54. The van der Waals surface area contributed by atoms with Gasteiger partial charge in [0.05, 0.1) is 30.7 Å². The van der Waals surface area contributed by atoms with Crippen molar-refractivity contribution in [3.63, 3.8) is 0 Å². The number of Topliss-reactive ketones (excluding diaryl/α,β-unsaturated/α-hetero) is 1. The fraction of sp³-hybridized carbons (Fsp3) is 0.737. The van der Waals surface area contributed by atoms with Gasteiger partial charge in [-0.25, -0.2) is 0 Å². The number of carbonyl (C=O) groups excluding carboxylic acids is 4. The van der Waals surface area contributed by atoms with Crippen LogP contribution in [0.4, 0.5) is 0 Å². The van der Waals surface area contributed by atoms with E-state index in [0.29, 0.717) is 13.0 Å². The second kappa shape index (κ2) is 19.3. The zero-order valence-electron chi connectivity index (χ0n) is 31.0. The highest BCUT2D eigenvalue weighted by atomic mass is 16.5. The monoisotopic (exact) mass is 657 g/mol. The summed E-state index contributed by atoms with van der Waals surface area (Å²) in [7, 11) is 8.40. The number of methoxy groups -OCH3 is 2. The molecule has 0 bridgehead atoms. The van der Waals surface area contributed by atoms with E-state index < -0.39 is 18.1 Å². The number of amides is 3. The third kappa shape index (κ3) is 11.1. The summed E-state index contributed by atoms with van der Waals surface area (Å²) in [6, 6.07) is 9.64. The first-order valence-corrected chi connectivity index (χ1v) is 17.6. The number of likely N-dealkylation sites (tertiary alicyclic amines) is 1. The zero-order chi connectivity index (χ0) is 35.4. The van der Waals surface area contributed by atoms with Crippen molar-refractivity contribution in [1.82, 2.24) is 14.7 Å². The Morgan fingerprint density at radius 1 is 0.915 bits per heavy atom. The molecular weight excluding hydrogens is 594 g/mol. The van der Waals surface area contributed by atoms with Gasteiger partial charge in [0.1, 0.15) is 5.78 Å². The Labute approximate surface area is 284 Å². The van der Waals surface area contributed by atoms with Gasteiger partial charge in [0, 0.05) is 66.6 Å². The van der Waals surface area contributed by atoms with Crippen molar-refractivity contribution < 1.29 is 28.7 Å². The smallest absolute Gasteiger partial charge is 0.226 e. The minimum atomic E-state index is -0.538. The second-order valence-electron chi connectivity index (χ2n) is 14.4. The summed E-state index contributed by atoms with van der Waals surface area (Å²) in [5.74, 6) is -0.722. The number of ether oxygens (including phenoxy) is 2. The van der Waals surface area contributed by atoms with Crippen LogP contribution in [0.2, 0.25) is 0 Å². The Morgan fingerprint density at radius 3 is 2.09 bits per heavy atom. The zero-order valence-corrected chi connectivity index (χ0v) is 31.0. The molecule has 1 aliphatic heterocycles. The van der Waals surface area contributed by atoms with Gasteiger partial charge in [0.25, 0.3) is 0 Å². The van der Waals surface area contributed by atoms with Gasteiger partial charge in [-0.05, 0) is 42.6 Å². The molecule has 8 atom stereocenters. The maximum atomic E-state index is 14.0. The first-order valence-electron chi connectivity index (χ1n) is 17.6. The number of hydrogen-bond acceptors (Lipinski definition) is 6. The van der Waals surface area contributed by atoms with Crippen LogP contribution in [-0.2, 0) is 35.1 Å². The quantitative estimate of drug-likeness (QED) is 0.195. The predicted molar refractivity (Wildman–Crippen MR) is 187 cm³/mol. The van der Waals surface area contributed by atoms with Crippen molar-refractivity contribution in [1.29, 1.82) is 0 Å². The third-order valence-electron chi connectivity index (χ3n) is 10.3. The Hall–Kier alpha value is -2.78. The molecule has 0 aliphatic carbocycles. The Bertz CT molecular complexity index is 1140. The molecule has 9 heteroatoms. The molecule has 2 rings (SSSR count). The molecule has 1 heterocycles. The van der Waals surface area contributed by atoms with E-state index in [4.69, 9.17) is 9.47 Å². The van der Waals surface area contributed by atoms with Crippen molar-refractivity contribution in [2.75, 3.05) is 41.9 Å². The molecule has 47 heavy (non-hydrogen) atoms. The van der Waals surface area contributed by atoms with Crippen molar-refractivity contribution in [2.45, 2.75) is 111 Å². The van der Waals surface area contributed by atoms with Crippen LogP contribution in [0.25, 0.3) is 0 Å². The average Bonchev–Trinajstić information content (AvgIpc) is 3.52. The number of ketones is 1. The van der Waals surface area contributed by atoms with E-state index in [1.807, 2.05) is 43.9 Å². The van der Waals surface area contributed by atoms with E-state index in [1.54, 1.807) is 40.3 Å². The van der Waals surface area contributed by atoms with Gasteiger partial charge in [0.15, 0.2) is 0 Å². The normalized spacial score (nSPS) is 19.4. The highest BCUT2D eigenvalue weighted by Gasteiger charge is 2.42. The molecule has 1 fully saturated rings. The van der Waals surface area contributed by atoms with E-state index in [2.05, 4.69) is 32.9 Å². The third-order valence-corrected chi connectivity index (χ3v) is 10.3. The lowest BCUT2D eigenvalue weighted by Gasteiger charge is -2.40. The molecule has 3 amide bonds. The van der Waals surface area contributed by atoms with Gasteiger partial charge in [-0.3, -0.25) is 19.2 Å². The standard InChI is InChI=1S/C38H63N3O6/c1-12-27(5)36(40(9)38(45)30(25(2)3)23-34(43)39(7)8)33(46-10)24-35(44)41-20-16-19-31(41)37(47-11)28(6)32(42)22-26(4)21-29-17-14-13-15-18-29/h13-15,17-18,25-28,30-31,33,36-37H,12,16,19-24H2,1-11H3/t26-,27+,28+,30+,31+,33-,36+,37-/m1/s1. The first-order chi connectivity index (χ1) is 22.2. The minimum absolute atomic E-state index is 0.0311. The SMILES string of the molecule is CC[C@H](C)[C@@H]([C@@H](CC(=O)N1CCC[C@H]1[C@H](OC)[C@@H](C)C(=O)C[C@H](C)Cc1ccccc1)OC)N(C)C(=O)[C@@H](CC(=O)N(C)C)C(C)C. The molecule has 266 valence electrons. The summed E-state index contributed by atoms with van der Waals surface area (Å²) in [5, 5.41) is 0. The van der Waals surface area contributed by atoms with Crippen LogP contribution in [0, 0.1) is 29.6 Å². The van der Waals surface area contributed by atoms with Crippen LogP contribution >= 0.6 is 0 Å². The summed E-state index contributed by atoms with van der Waals surface area (Å²) in [4.78, 5) is 59.2. The summed E-state index contributed by atoms with van der Waals surface area (Å²) in [5.41, 5.74) is 1.22. The molecule has 0 aromatic heterocycles. The molecule has 0 saturated carbocycles. The van der Waals surface area contributed by atoms with Crippen LogP contribution < -0.4 is 0 Å². The molecule has 0 N–H and O–H groups in total. The summed E-state index contributed by atoms with van der Waals surface area (Å²) >= 11 is 0. The second-order valence-corrected chi connectivity index (χ2v) is 14.4. The molecule has 0 unspecified atom stereocenters. The molecule has 9 nitrogen and oxygen atoms in total. The number of benzene rings is 1. The van der Waals surface area contributed by atoms with Crippen molar-refractivity contribution in [2.24, 2.45) is 29.6 Å². The van der Waals surface area contributed by atoms with Crippen LogP contribution in [0.15, 0.2) is 30.3 Å². The number of carbonyl (C=O) groups is 4. The highest BCUT2D eigenvalue weighted by Crippen LogP contribution is 2.31. The van der Waals surface area contributed by atoms with Gasteiger partial charge in [-0.15, -0.1) is 0 Å². The molecular formula is C38H63N3O6. The first kappa shape index (κ1) is 40.4. The van der Waals surface area contributed by atoms with Crippen LogP contribution in [0.5, 0.6) is 0 Å². The fourth-order valence-corrected chi connectivity index (χ4v) is 7.20. The van der Waals surface area contributed by atoms with E-state index in [9.17, 15) is 19.2 Å². The Balaban J connectivity index is 2.20. The van der Waals surface area contributed by atoms with Crippen molar-refractivity contribution in [3.8, 4) is 0 Å². The molecule has 1 aliphatic rings. The molecule has 1 aromatic carbocycles. The summed E-state index contributed by atoms with van der Waals surface area (Å²) in [6.07, 6.45) is 2.98. The van der Waals surface area contributed by atoms with Gasteiger partial charge < -0.3 is 24.2 Å².